The summed E-state index contributed by atoms with van der Waals surface area (Å²) < 4.78 is 31.3. The van der Waals surface area contributed by atoms with Gasteiger partial charge in [0.05, 0.1) is 16.3 Å². The van der Waals surface area contributed by atoms with Crippen LogP contribution in [-0.2, 0) is 10.0 Å². The van der Waals surface area contributed by atoms with Crippen LogP contribution in [0.5, 0.6) is 0 Å². The van der Waals surface area contributed by atoms with Gasteiger partial charge in [-0.3, -0.25) is 16.0 Å². The van der Waals surface area contributed by atoms with Crippen LogP contribution in [0.25, 0.3) is 0 Å². The maximum absolute atomic E-state index is 12.2. The summed E-state index contributed by atoms with van der Waals surface area (Å²) >= 11 is 0. The van der Waals surface area contributed by atoms with E-state index in [-0.39, 0.29) is 11.6 Å². The number of hydrogen-bond donors (Lipinski definition) is 3. The van der Waals surface area contributed by atoms with E-state index in [9.17, 15) is 18.5 Å². The SMILES string of the molecule is Cc1cc(NS(=O)(=O)c2cc(NN)ccc2[N+](=O)[O-])on1. The van der Waals surface area contributed by atoms with Gasteiger partial charge in [0.25, 0.3) is 15.7 Å². The average Bonchev–Trinajstić information content (AvgIpc) is 2.82. The molecule has 0 atom stereocenters. The molecule has 1 aromatic carbocycles. The Balaban J connectivity index is 2.49. The third-order valence-electron chi connectivity index (χ3n) is 2.48. The lowest BCUT2D eigenvalue weighted by atomic mass is 10.3. The Hall–Kier alpha value is -2.66. The van der Waals surface area contributed by atoms with E-state index in [0.717, 1.165) is 12.1 Å². The van der Waals surface area contributed by atoms with Gasteiger partial charge in [0.2, 0.25) is 5.88 Å². The van der Waals surface area contributed by atoms with Crippen molar-refractivity contribution >= 4 is 27.3 Å². The summed E-state index contributed by atoms with van der Waals surface area (Å²) in [5.41, 5.74) is 2.30. The Morgan fingerprint density at radius 3 is 2.62 bits per heavy atom. The molecule has 11 heteroatoms. The van der Waals surface area contributed by atoms with Gasteiger partial charge in [-0.1, -0.05) is 5.16 Å². The van der Waals surface area contributed by atoms with Gasteiger partial charge in [-0.25, -0.2) is 13.1 Å². The Bertz CT molecular complexity index is 785. The summed E-state index contributed by atoms with van der Waals surface area (Å²) in [5, 5.41) is 14.5. The normalized spacial score (nSPS) is 11.1. The topological polar surface area (TPSA) is 153 Å². The highest BCUT2D eigenvalue weighted by Crippen LogP contribution is 2.28. The van der Waals surface area contributed by atoms with Crippen molar-refractivity contribution in [3.05, 3.63) is 40.1 Å². The van der Waals surface area contributed by atoms with E-state index in [1.807, 2.05) is 0 Å². The molecule has 1 heterocycles. The van der Waals surface area contributed by atoms with Crippen molar-refractivity contribution in [3.8, 4) is 0 Å². The second kappa shape index (κ2) is 5.38. The second-order valence-corrected chi connectivity index (χ2v) is 5.67. The minimum Gasteiger partial charge on any atom is -0.338 e. The zero-order valence-electron chi connectivity index (χ0n) is 10.7. The molecule has 0 spiro atoms. The summed E-state index contributed by atoms with van der Waals surface area (Å²) in [5.74, 6) is 5.04. The lowest BCUT2D eigenvalue weighted by molar-refractivity contribution is -0.387. The highest BCUT2D eigenvalue weighted by Gasteiger charge is 2.27. The number of aromatic nitrogens is 1. The Morgan fingerprint density at radius 1 is 1.38 bits per heavy atom. The first kappa shape index (κ1) is 14.7. The minimum atomic E-state index is -4.23. The number of benzene rings is 1. The third kappa shape index (κ3) is 3.09. The Kier molecular flexibility index (Phi) is 3.78. The van der Waals surface area contributed by atoms with Crippen LogP contribution in [0.2, 0.25) is 0 Å². The molecule has 10 nitrogen and oxygen atoms in total. The number of nitrogens with one attached hydrogen (secondary N) is 2. The van der Waals surface area contributed by atoms with Crippen LogP contribution in [0.3, 0.4) is 0 Å². The molecule has 0 aliphatic heterocycles. The molecule has 2 rings (SSSR count). The van der Waals surface area contributed by atoms with Crippen molar-refractivity contribution in [3.63, 3.8) is 0 Å². The van der Waals surface area contributed by atoms with E-state index in [1.165, 1.54) is 12.1 Å². The molecular weight excluding hydrogens is 302 g/mol. The van der Waals surface area contributed by atoms with Crippen LogP contribution in [0.15, 0.2) is 33.7 Å². The fraction of sp³-hybridized carbons (Fsp3) is 0.100. The number of hydrazine groups is 1. The van der Waals surface area contributed by atoms with Gasteiger partial charge in [0.1, 0.15) is 0 Å². The van der Waals surface area contributed by atoms with Crippen LogP contribution in [0.1, 0.15) is 5.69 Å². The van der Waals surface area contributed by atoms with E-state index < -0.39 is 25.5 Å². The molecule has 1 aromatic heterocycles. The number of sulfonamides is 1. The van der Waals surface area contributed by atoms with Crippen molar-refractivity contribution in [1.29, 1.82) is 0 Å². The number of hydrogen-bond acceptors (Lipinski definition) is 8. The number of nitro benzene ring substituents is 1. The minimum absolute atomic E-state index is 0.145. The zero-order chi connectivity index (χ0) is 15.6. The zero-order valence-corrected chi connectivity index (χ0v) is 11.5. The highest BCUT2D eigenvalue weighted by molar-refractivity contribution is 7.92. The van der Waals surface area contributed by atoms with Crippen LogP contribution < -0.4 is 16.0 Å². The molecule has 0 saturated carbocycles. The fourth-order valence-corrected chi connectivity index (χ4v) is 2.74. The predicted octanol–water partition coefficient (Wildman–Crippen LogP) is 0.978. The van der Waals surface area contributed by atoms with Crippen LogP contribution in [0, 0.1) is 17.0 Å². The van der Waals surface area contributed by atoms with Crippen molar-refractivity contribution in [2.24, 2.45) is 5.84 Å². The lowest BCUT2D eigenvalue weighted by Gasteiger charge is -2.07. The van der Waals surface area contributed by atoms with E-state index in [0.29, 0.717) is 5.69 Å². The monoisotopic (exact) mass is 313 g/mol. The molecule has 0 fully saturated rings. The molecule has 4 N–H and O–H groups in total. The number of aryl methyl sites for hydroxylation is 1. The number of nitro groups is 1. The molecule has 0 aliphatic carbocycles. The van der Waals surface area contributed by atoms with E-state index in [1.54, 1.807) is 6.92 Å². The fourth-order valence-electron chi connectivity index (χ4n) is 1.57. The van der Waals surface area contributed by atoms with Gasteiger partial charge >= 0.3 is 0 Å². The number of nitrogen functional groups attached to an aromatic ring is 1. The molecule has 0 bridgehead atoms. The predicted molar refractivity (Wildman–Crippen MR) is 73.0 cm³/mol. The molecule has 112 valence electrons. The molecule has 0 aliphatic rings. The highest BCUT2D eigenvalue weighted by atomic mass is 32.2. The van der Waals surface area contributed by atoms with Gasteiger partial charge < -0.3 is 9.95 Å². The lowest BCUT2D eigenvalue weighted by Crippen LogP contribution is -2.15. The standard InChI is InChI=1S/C10H11N5O5S/c1-6-4-10(20-13-6)14-21(18,19)9-5-7(12-11)2-3-8(9)15(16)17/h2-5,12,14H,11H2,1H3. The summed E-state index contributed by atoms with van der Waals surface area (Å²) in [6.07, 6.45) is 0. The van der Waals surface area contributed by atoms with Gasteiger partial charge in [-0.15, -0.1) is 0 Å². The average molecular weight is 313 g/mol. The van der Waals surface area contributed by atoms with Crippen molar-refractivity contribution in [2.45, 2.75) is 11.8 Å². The van der Waals surface area contributed by atoms with Gasteiger partial charge in [-0.05, 0) is 19.1 Å². The second-order valence-electron chi connectivity index (χ2n) is 4.02. The molecule has 0 amide bonds. The van der Waals surface area contributed by atoms with Gasteiger partial charge in [0, 0.05) is 12.1 Å². The van der Waals surface area contributed by atoms with Crippen molar-refractivity contribution < 1.29 is 17.9 Å². The van der Waals surface area contributed by atoms with E-state index in [2.05, 4.69) is 15.3 Å². The third-order valence-corrected chi connectivity index (χ3v) is 3.85. The smallest absolute Gasteiger partial charge is 0.290 e. The molecule has 0 radical (unpaired) electrons. The van der Waals surface area contributed by atoms with Gasteiger partial charge in [-0.2, -0.15) is 0 Å². The number of nitrogens with two attached hydrogens (primary N) is 1. The maximum atomic E-state index is 12.2. The maximum Gasteiger partial charge on any atom is 0.290 e. The first-order valence-corrected chi connectivity index (χ1v) is 7.03. The van der Waals surface area contributed by atoms with Crippen LogP contribution in [0.4, 0.5) is 17.3 Å². The number of rotatable bonds is 5. The Morgan fingerprint density at radius 2 is 2.10 bits per heavy atom. The van der Waals surface area contributed by atoms with Crippen LogP contribution in [-0.4, -0.2) is 18.5 Å². The van der Waals surface area contributed by atoms with E-state index in [4.69, 9.17) is 10.4 Å². The largest absolute Gasteiger partial charge is 0.338 e. The summed E-state index contributed by atoms with van der Waals surface area (Å²) in [7, 11) is -4.23. The summed E-state index contributed by atoms with van der Waals surface area (Å²) in [6.45, 7) is 1.60. The molecule has 21 heavy (non-hydrogen) atoms. The van der Waals surface area contributed by atoms with E-state index >= 15 is 0 Å². The molecular formula is C10H11N5O5S. The van der Waals surface area contributed by atoms with Crippen molar-refractivity contribution in [1.82, 2.24) is 5.16 Å². The summed E-state index contributed by atoms with van der Waals surface area (Å²) in [6, 6.07) is 4.71. The first-order valence-electron chi connectivity index (χ1n) is 5.54. The number of anilines is 2. The quantitative estimate of drug-likeness (QED) is 0.419. The molecule has 0 unspecified atom stereocenters. The molecule has 2 aromatic rings. The van der Waals surface area contributed by atoms with Crippen molar-refractivity contribution in [2.75, 3.05) is 10.1 Å². The first-order chi connectivity index (χ1) is 9.83. The Labute approximate surface area is 119 Å². The number of nitrogens with zero attached hydrogens (tertiary/aromatic N) is 2. The van der Waals surface area contributed by atoms with Crippen LogP contribution >= 0.6 is 0 Å². The molecule has 0 saturated heterocycles. The van der Waals surface area contributed by atoms with Gasteiger partial charge in [0.15, 0.2) is 4.90 Å². The summed E-state index contributed by atoms with van der Waals surface area (Å²) in [4.78, 5) is 9.60.